The lowest BCUT2D eigenvalue weighted by atomic mass is 9.86. The number of benzene rings is 1. The molecule has 0 heterocycles. The van der Waals surface area contributed by atoms with E-state index >= 15 is 0 Å². The van der Waals surface area contributed by atoms with Crippen LogP contribution in [0, 0.1) is 5.92 Å². The lowest BCUT2D eigenvalue weighted by Crippen LogP contribution is -2.59. The predicted octanol–water partition coefficient (Wildman–Crippen LogP) is 5.92. The number of aryl methyl sites for hydroxylation is 1. The number of hydrogen-bond acceptors (Lipinski definition) is 4. The number of ether oxygens (including phenoxy) is 1. The minimum Gasteiger partial charge on any atom is -0.444 e. The van der Waals surface area contributed by atoms with Crippen molar-refractivity contribution in [3.63, 3.8) is 0 Å². The number of nitrogens with zero attached hydrogens (tertiary/aromatic N) is 1. The Kier molecular flexibility index (Phi) is 11.9. The van der Waals surface area contributed by atoms with Crippen LogP contribution in [-0.4, -0.2) is 47.0 Å². The third-order valence-corrected chi connectivity index (χ3v) is 7.18. The van der Waals surface area contributed by atoms with E-state index in [9.17, 15) is 14.4 Å². The van der Waals surface area contributed by atoms with Crippen LogP contribution in [0.4, 0.5) is 4.79 Å². The number of hydrogen-bond donors (Lipinski definition) is 2. The first-order valence-electron chi connectivity index (χ1n) is 14.2. The number of carbonyl (C=O) groups excluding carboxylic acids is 3. The molecule has 0 bridgehead atoms. The molecule has 2 rings (SSSR count). The summed E-state index contributed by atoms with van der Waals surface area (Å²) >= 11 is 0. The molecular weight excluding hydrogens is 466 g/mol. The summed E-state index contributed by atoms with van der Waals surface area (Å²) in [5, 5.41) is 5.94. The molecule has 0 spiro atoms. The van der Waals surface area contributed by atoms with Gasteiger partial charge in [-0.2, -0.15) is 0 Å². The molecule has 0 aromatic heterocycles. The number of unbranched alkanes of at least 4 members (excludes halogenated alkanes) is 2. The smallest absolute Gasteiger partial charge is 0.408 e. The Morgan fingerprint density at radius 2 is 1.70 bits per heavy atom. The van der Waals surface area contributed by atoms with Gasteiger partial charge in [-0.15, -0.1) is 0 Å². The van der Waals surface area contributed by atoms with Gasteiger partial charge in [0.1, 0.15) is 17.7 Å². The van der Waals surface area contributed by atoms with Crippen LogP contribution in [0.5, 0.6) is 0 Å². The molecule has 2 N–H and O–H groups in total. The Bertz CT molecular complexity index is 874. The molecule has 1 aromatic rings. The highest BCUT2D eigenvalue weighted by Crippen LogP contribution is 2.34. The fraction of sp³-hybridized carbons (Fsp3) is 0.700. The average Bonchev–Trinajstić information content (AvgIpc) is 2.82. The molecule has 1 saturated carbocycles. The molecule has 3 amide bonds. The van der Waals surface area contributed by atoms with Gasteiger partial charge in [0.2, 0.25) is 11.8 Å². The van der Waals surface area contributed by atoms with Crippen molar-refractivity contribution in [1.29, 1.82) is 0 Å². The van der Waals surface area contributed by atoms with Gasteiger partial charge in [-0.25, -0.2) is 4.79 Å². The highest BCUT2D eigenvalue weighted by molar-refractivity contribution is 5.92. The lowest BCUT2D eigenvalue weighted by molar-refractivity contribution is -0.148. The van der Waals surface area contributed by atoms with Crippen molar-refractivity contribution < 1.29 is 19.1 Å². The second kappa shape index (κ2) is 14.4. The van der Waals surface area contributed by atoms with E-state index in [2.05, 4.69) is 24.5 Å². The summed E-state index contributed by atoms with van der Waals surface area (Å²) in [6.45, 7) is 14.1. The molecule has 0 saturated heterocycles. The summed E-state index contributed by atoms with van der Waals surface area (Å²) in [7, 11) is 0. The lowest BCUT2D eigenvalue weighted by Gasteiger charge is -2.44. The maximum Gasteiger partial charge on any atom is 0.408 e. The van der Waals surface area contributed by atoms with Crippen LogP contribution in [0.2, 0.25) is 0 Å². The molecule has 0 radical (unpaired) electrons. The molecule has 1 aromatic carbocycles. The van der Waals surface area contributed by atoms with Gasteiger partial charge < -0.3 is 20.3 Å². The monoisotopic (exact) mass is 515 g/mol. The second-order valence-corrected chi connectivity index (χ2v) is 11.3. The SMILES string of the molecule is CCCCCNC(=O)C(c1ccc(CC)cc1)N(C(=O)C(NC(=O)OC(C)(C)C)C(C)CC)C1CCC1. The van der Waals surface area contributed by atoms with Crippen molar-refractivity contribution in [2.45, 2.75) is 124 Å². The van der Waals surface area contributed by atoms with E-state index in [1.807, 2.05) is 38.1 Å². The largest absolute Gasteiger partial charge is 0.444 e. The molecule has 7 nitrogen and oxygen atoms in total. The van der Waals surface area contributed by atoms with Crippen LogP contribution in [0.25, 0.3) is 0 Å². The highest BCUT2D eigenvalue weighted by Gasteiger charge is 2.43. The molecule has 7 heteroatoms. The van der Waals surface area contributed by atoms with Crippen molar-refractivity contribution >= 4 is 17.9 Å². The summed E-state index contributed by atoms with van der Waals surface area (Å²) in [5.74, 6) is -0.516. The molecule has 1 aliphatic rings. The molecule has 3 unspecified atom stereocenters. The van der Waals surface area contributed by atoms with E-state index < -0.39 is 23.8 Å². The standard InChI is InChI=1S/C30H49N3O4/c1-8-11-12-20-31-27(34)26(23-18-16-22(10-3)17-19-23)33(24-14-13-15-24)28(35)25(21(4)9-2)32-29(36)37-30(5,6)7/h16-19,21,24-26H,8-15,20H2,1-7H3,(H,31,34)(H,32,36). The van der Waals surface area contributed by atoms with Gasteiger partial charge in [-0.1, -0.05) is 71.2 Å². The zero-order valence-corrected chi connectivity index (χ0v) is 24.1. The molecule has 3 atom stereocenters. The Hall–Kier alpha value is -2.57. The van der Waals surface area contributed by atoms with Gasteiger partial charge in [0, 0.05) is 12.6 Å². The van der Waals surface area contributed by atoms with Gasteiger partial charge in [-0.3, -0.25) is 9.59 Å². The Labute approximate surface area is 224 Å². The minimum atomic E-state index is -0.786. The zero-order valence-electron chi connectivity index (χ0n) is 24.1. The molecule has 37 heavy (non-hydrogen) atoms. The normalized spacial score (nSPS) is 16.2. The van der Waals surface area contributed by atoms with Crippen LogP contribution in [0.15, 0.2) is 24.3 Å². The molecule has 208 valence electrons. The maximum absolute atomic E-state index is 14.3. The first-order valence-corrected chi connectivity index (χ1v) is 14.2. The highest BCUT2D eigenvalue weighted by atomic mass is 16.6. The second-order valence-electron chi connectivity index (χ2n) is 11.3. The number of rotatable bonds is 13. The van der Waals surface area contributed by atoms with Crippen LogP contribution < -0.4 is 10.6 Å². The summed E-state index contributed by atoms with van der Waals surface area (Å²) in [6, 6.07) is 6.41. The maximum atomic E-state index is 14.3. The van der Waals surface area contributed by atoms with E-state index in [0.29, 0.717) is 13.0 Å². The summed E-state index contributed by atoms with van der Waals surface area (Å²) in [6.07, 6.45) is 6.69. The molecule has 1 fully saturated rings. The number of alkyl carbamates (subject to hydrolysis) is 1. The van der Waals surface area contributed by atoms with Crippen molar-refractivity contribution in [1.82, 2.24) is 15.5 Å². The molecular formula is C30H49N3O4. The average molecular weight is 516 g/mol. The number of nitrogens with one attached hydrogen (secondary N) is 2. The van der Waals surface area contributed by atoms with Crippen LogP contribution >= 0.6 is 0 Å². The van der Waals surface area contributed by atoms with Crippen molar-refractivity contribution in [3.05, 3.63) is 35.4 Å². The quantitative estimate of drug-likeness (QED) is 0.319. The Balaban J connectivity index is 2.45. The number of carbonyl (C=O) groups is 3. The minimum absolute atomic E-state index is 0.0447. The van der Waals surface area contributed by atoms with Crippen LogP contribution in [0.3, 0.4) is 0 Å². The van der Waals surface area contributed by atoms with E-state index in [-0.39, 0.29) is 23.8 Å². The predicted molar refractivity (Wildman–Crippen MR) is 148 cm³/mol. The third kappa shape index (κ3) is 9.04. The molecule has 0 aliphatic heterocycles. The molecule has 1 aliphatic carbocycles. The number of amides is 3. The van der Waals surface area contributed by atoms with Gasteiger partial charge in [-0.05, 0) is 69.9 Å². The summed E-state index contributed by atoms with van der Waals surface area (Å²) in [5.41, 5.74) is 1.30. The first kappa shape index (κ1) is 30.7. The van der Waals surface area contributed by atoms with Gasteiger partial charge in [0.15, 0.2) is 0 Å². The van der Waals surface area contributed by atoms with Gasteiger partial charge >= 0.3 is 6.09 Å². The van der Waals surface area contributed by atoms with Crippen molar-refractivity contribution in [2.24, 2.45) is 5.92 Å². The van der Waals surface area contributed by atoms with Crippen molar-refractivity contribution in [2.75, 3.05) is 6.54 Å². The van der Waals surface area contributed by atoms with E-state index in [4.69, 9.17) is 4.74 Å². The Morgan fingerprint density at radius 3 is 2.19 bits per heavy atom. The van der Waals surface area contributed by atoms with Crippen molar-refractivity contribution in [3.8, 4) is 0 Å². The van der Waals surface area contributed by atoms with Crippen LogP contribution in [0.1, 0.15) is 111 Å². The summed E-state index contributed by atoms with van der Waals surface area (Å²) < 4.78 is 5.49. The van der Waals surface area contributed by atoms with Crippen LogP contribution in [-0.2, 0) is 20.7 Å². The van der Waals surface area contributed by atoms with E-state index in [1.165, 1.54) is 5.56 Å². The third-order valence-electron chi connectivity index (χ3n) is 7.18. The first-order chi connectivity index (χ1) is 17.5. The Morgan fingerprint density at radius 1 is 1.05 bits per heavy atom. The fourth-order valence-corrected chi connectivity index (χ4v) is 4.52. The zero-order chi connectivity index (χ0) is 27.6. The van der Waals surface area contributed by atoms with Gasteiger partial charge in [0.25, 0.3) is 0 Å². The fourth-order valence-electron chi connectivity index (χ4n) is 4.52. The van der Waals surface area contributed by atoms with Gasteiger partial charge in [0.05, 0.1) is 0 Å². The van der Waals surface area contributed by atoms with E-state index in [1.54, 1.807) is 25.7 Å². The summed E-state index contributed by atoms with van der Waals surface area (Å²) in [4.78, 5) is 42.5. The topological polar surface area (TPSA) is 87.7 Å². The van der Waals surface area contributed by atoms with E-state index in [0.717, 1.165) is 50.5 Å².